The lowest BCUT2D eigenvalue weighted by molar-refractivity contribution is -0.129. The maximum absolute atomic E-state index is 10.7. The van der Waals surface area contributed by atoms with Crippen molar-refractivity contribution < 1.29 is 5.11 Å². The molecule has 5 atom stereocenters. The van der Waals surface area contributed by atoms with Crippen molar-refractivity contribution in [2.75, 3.05) is 0 Å². The van der Waals surface area contributed by atoms with Gasteiger partial charge in [-0.25, -0.2) is 0 Å². The smallest absolute Gasteiger partial charge is 0.0594 e. The minimum atomic E-state index is -0.134. The van der Waals surface area contributed by atoms with E-state index in [1.54, 1.807) is 5.56 Å². The van der Waals surface area contributed by atoms with Crippen LogP contribution < -0.4 is 0 Å². The van der Waals surface area contributed by atoms with E-state index >= 15 is 0 Å². The van der Waals surface area contributed by atoms with Gasteiger partial charge in [0.2, 0.25) is 0 Å². The Kier molecular flexibility index (Phi) is 11.0. The average Bonchev–Trinajstić information content (AvgIpc) is 2.76. The second-order valence-corrected chi connectivity index (χ2v) is 11.5. The van der Waals surface area contributed by atoms with Gasteiger partial charge in [0, 0.05) is 0 Å². The van der Waals surface area contributed by atoms with Gasteiger partial charge in [0.15, 0.2) is 0 Å². The highest BCUT2D eigenvalue weighted by atomic mass is 16.3. The molecule has 0 heterocycles. The van der Waals surface area contributed by atoms with Crippen molar-refractivity contribution in [1.82, 2.24) is 0 Å². The van der Waals surface area contributed by atoms with Crippen LogP contribution in [0.1, 0.15) is 117 Å². The SMILES string of the molecule is CC.CC.Cc1c(CC(C)C)ccc(CC2(C)C(C)CCC3C2CCC(O)C3(C)C)c1C. The number of benzene rings is 1. The average molecular weight is 445 g/mol. The van der Waals surface area contributed by atoms with Gasteiger partial charge in [0.05, 0.1) is 6.10 Å². The molecule has 1 aromatic rings. The van der Waals surface area contributed by atoms with E-state index in [4.69, 9.17) is 0 Å². The molecule has 0 aliphatic heterocycles. The minimum Gasteiger partial charge on any atom is -0.393 e. The summed E-state index contributed by atoms with van der Waals surface area (Å²) in [5.41, 5.74) is 6.49. The third kappa shape index (κ3) is 5.81. The second kappa shape index (κ2) is 12.0. The van der Waals surface area contributed by atoms with Gasteiger partial charge in [-0.2, -0.15) is 0 Å². The van der Waals surface area contributed by atoms with Gasteiger partial charge in [-0.05, 0) is 109 Å². The van der Waals surface area contributed by atoms with Crippen molar-refractivity contribution in [2.24, 2.45) is 34.5 Å². The molecule has 0 saturated heterocycles. The molecule has 0 amide bonds. The lowest BCUT2D eigenvalue weighted by Crippen LogP contribution is -2.54. The summed E-state index contributed by atoms with van der Waals surface area (Å²) in [6.07, 6.45) is 6.99. The fourth-order valence-corrected chi connectivity index (χ4v) is 6.66. The Bertz CT molecular complexity index is 701. The summed E-state index contributed by atoms with van der Waals surface area (Å²) in [5, 5.41) is 10.7. The predicted molar refractivity (Wildman–Crippen MR) is 143 cm³/mol. The third-order valence-corrected chi connectivity index (χ3v) is 9.15. The topological polar surface area (TPSA) is 20.2 Å². The van der Waals surface area contributed by atoms with Gasteiger partial charge in [0.1, 0.15) is 0 Å². The highest BCUT2D eigenvalue weighted by Crippen LogP contribution is 2.60. The van der Waals surface area contributed by atoms with Crippen LogP contribution in [0.3, 0.4) is 0 Å². The first-order chi connectivity index (χ1) is 15.0. The fourth-order valence-electron chi connectivity index (χ4n) is 6.66. The summed E-state index contributed by atoms with van der Waals surface area (Å²) in [4.78, 5) is 0. The number of aliphatic hydroxyl groups is 1. The Morgan fingerprint density at radius 1 is 0.844 bits per heavy atom. The van der Waals surface area contributed by atoms with Gasteiger partial charge in [-0.3, -0.25) is 0 Å². The first kappa shape index (κ1) is 29.2. The quantitative estimate of drug-likeness (QED) is 0.491. The maximum Gasteiger partial charge on any atom is 0.0594 e. The van der Waals surface area contributed by atoms with Crippen LogP contribution in [0.2, 0.25) is 0 Å². The Balaban J connectivity index is 0.00000121. The number of hydrogen-bond acceptors (Lipinski definition) is 1. The van der Waals surface area contributed by atoms with Crippen molar-refractivity contribution >= 4 is 0 Å². The van der Waals surface area contributed by atoms with Crippen LogP contribution in [0.25, 0.3) is 0 Å². The van der Waals surface area contributed by atoms with E-state index in [2.05, 4.69) is 67.5 Å². The summed E-state index contributed by atoms with van der Waals surface area (Å²) >= 11 is 0. The minimum absolute atomic E-state index is 0.0520. The van der Waals surface area contributed by atoms with E-state index in [9.17, 15) is 5.11 Å². The van der Waals surface area contributed by atoms with E-state index in [0.717, 1.165) is 18.3 Å². The Hall–Kier alpha value is -0.820. The van der Waals surface area contributed by atoms with Crippen molar-refractivity contribution in [3.05, 3.63) is 34.4 Å². The molecule has 32 heavy (non-hydrogen) atoms. The summed E-state index contributed by atoms with van der Waals surface area (Å²) in [6.45, 7) is 27.0. The first-order valence-corrected chi connectivity index (χ1v) is 13.7. The van der Waals surface area contributed by atoms with E-state index < -0.39 is 0 Å². The lowest BCUT2D eigenvalue weighted by Gasteiger charge is -2.59. The maximum atomic E-state index is 10.7. The zero-order valence-electron chi connectivity index (χ0n) is 23.7. The van der Waals surface area contributed by atoms with Gasteiger partial charge in [0.25, 0.3) is 0 Å². The molecular formula is C31H56O. The van der Waals surface area contributed by atoms with Crippen LogP contribution in [0, 0.1) is 48.3 Å². The van der Waals surface area contributed by atoms with E-state index in [-0.39, 0.29) is 11.5 Å². The Labute approximate surface area is 201 Å². The molecule has 186 valence electrons. The van der Waals surface area contributed by atoms with Crippen LogP contribution >= 0.6 is 0 Å². The molecule has 1 aromatic carbocycles. The third-order valence-electron chi connectivity index (χ3n) is 9.15. The fraction of sp³-hybridized carbons (Fsp3) is 0.806. The Morgan fingerprint density at radius 2 is 1.34 bits per heavy atom. The molecule has 1 heteroatoms. The second-order valence-electron chi connectivity index (χ2n) is 11.5. The summed E-state index contributed by atoms with van der Waals surface area (Å²) in [5.74, 6) is 2.83. The standard InChI is InChI=1S/C27H44O.2C2H6/c1-17(2)15-21-10-11-22(20(5)19(21)4)16-27(8)18(3)9-12-23-24(27)13-14-25(28)26(23,6)7;2*1-2/h10-11,17-18,23-25,28H,9,12-16H2,1-8H3;2*1-2H3. The van der Waals surface area contributed by atoms with Crippen LogP contribution in [0.15, 0.2) is 12.1 Å². The molecule has 1 nitrogen and oxygen atoms in total. The van der Waals surface area contributed by atoms with Gasteiger partial charge < -0.3 is 5.11 Å². The zero-order chi connectivity index (χ0) is 24.9. The molecule has 0 spiro atoms. The van der Waals surface area contributed by atoms with Gasteiger partial charge in [-0.15, -0.1) is 0 Å². The predicted octanol–water partition coefficient (Wildman–Crippen LogP) is 8.95. The number of rotatable bonds is 4. The molecule has 3 rings (SSSR count). The number of aliphatic hydroxyl groups excluding tert-OH is 1. The first-order valence-electron chi connectivity index (χ1n) is 13.7. The summed E-state index contributed by atoms with van der Waals surface area (Å²) in [6, 6.07) is 4.84. The normalized spacial score (nSPS) is 31.1. The van der Waals surface area contributed by atoms with E-state index in [0.29, 0.717) is 17.3 Å². The van der Waals surface area contributed by atoms with Crippen molar-refractivity contribution in [3.63, 3.8) is 0 Å². The molecule has 2 fully saturated rings. The molecular weight excluding hydrogens is 388 g/mol. The molecule has 0 bridgehead atoms. The number of fused-ring (bicyclic) bond motifs is 1. The molecule has 0 radical (unpaired) electrons. The molecule has 1 N–H and O–H groups in total. The zero-order valence-corrected chi connectivity index (χ0v) is 23.7. The lowest BCUT2D eigenvalue weighted by atomic mass is 9.47. The molecule has 2 saturated carbocycles. The van der Waals surface area contributed by atoms with Gasteiger partial charge >= 0.3 is 0 Å². The summed E-state index contributed by atoms with van der Waals surface area (Å²) < 4.78 is 0. The molecule has 2 aliphatic carbocycles. The van der Waals surface area contributed by atoms with E-state index in [1.165, 1.54) is 48.8 Å². The monoisotopic (exact) mass is 444 g/mol. The Morgan fingerprint density at radius 3 is 1.91 bits per heavy atom. The molecule has 2 aliphatic rings. The van der Waals surface area contributed by atoms with Crippen molar-refractivity contribution in [2.45, 2.75) is 128 Å². The van der Waals surface area contributed by atoms with Crippen LogP contribution in [-0.2, 0) is 12.8 Å². The van der Waals surface area contributed by atoms with Crippen LogP contribution in [-0.4, -0.2) is 11.2 Å². The number of hydrogen-bond donors (Lipinski definition) is 1. The summed E-state index contributed by atoms with van der Waals surface area (Å²) in [7, 11) is 0. The highest BCUT2D eigenvalue weighted by molar-refractivity contribution is 5.40. The van der Waals surface area contributed by atoms with Gasteiger partial charge in [-0.1, -0.05) is 81.4 Å². The van der Waals surface area contributed by atoms with Crippen molar-refractivity contribution in [3.8, 4) is 0 Å². The largest absolute Gasteiger partial charge is 0.393 e. The van der Waals surface area contributed by atoms with Crippen LogP contribution in [0.4, 0.5) is 0 Å². The van der Waals surface area contributed by atoms with Crippen LogP contribution in [0.5, 0.6) is 0 Å². The highest BCUT2D eigenvalue weighted by Gasteiger charge is 2.54. The van der Waals surface area contributed by atoms with E-state index in [1.807, 2.05) is 27.7 Å². The molecule has 5 unspecified atom stereocenters. The molecule has 0 aromatic heterocycles. The van der Waals surface area contributed by atoms with Crippen molar-refractivity contribution in [1.29, 1.82) is 0 Å².